The molecule has 0 saturated carbocycles. The quantitative estimate of drug-likeness (QED) is 0.0301. The van der Waals surface area contributed by atoms with E-state index in [2.05, 4.69) is 41.9 Å². The Balaban J connectivity index is 2.50. The number of carbonyl (C=O) groups excluding carboxylic acids is 7. The van der Waals surface area contributed by atoms with E-state index in [1.807, 2.05) is 0 Å². The summed E-state index contributed by atoms with van der Waals surface area (Å²) in [4.78, 5) is 97.3. The normalized spacial score (nSPS) is 21.0. The van der Waals surface area contributed by atoms with E-state index >= 15 is 4.39 Å². The third kappa shape index (κ3) is 17.6. The Morgan fingerprint density at radius 2 is 1.51 bits per heavy atom. The van der Waals surface area contributed by atoms with E-state index in [1.54, 1.807) is 12.1 Å². The SMILES string of the molecule is C[C@@H]1/C=C(\F)[C@H](N[C@@H](CCCN=C(N)N)C(=O)N[C@H](C=O)CCCN=C(N)N)NC(=O)[C@@H](N[C@H](C=O)Cc2ccc(O)cc2)NC(=O)CCC(=O)CNC1=O. The van der Waals surface area contributed by atoms with Crippen LogP contribution in [-0.4, -0.2) is 109 Å². The van der Waals surface area contributed by atoms with E-state index in [4.69, 9.17) is 22.9 Å². The van der Waals surface area contributed by atoms with Gasteiger partial charge in [-0.1, -0.05) is 12.1 Å². The monoisotopic (exact) mass is 774 g/mol. The number of phenolic OH excluding ortho intramolecular Hbond substituents is 1. The number of carbonyl (C=O) groups is 7. The van der Waals surface area contributed by atoms with Crippen molar-refractivity contribution in [2.45, 2.75) is 82.3 Å². The second kappa shape index (κ2) is 23.7. The minimum atomic E-state index is -1.84. The zero-order valence-electron chi connectivity index (χ0n) is 30.5. The van der Waals surface area contributed by atoms with Crippen LogP contribution in [0, 0.1) is 5.92 Å². The van der Waals surface area contributed by atoms with E-state index in [0.29, 0.717) is 24.6 Å². The molecule has 1 aliphatic heterocycles. The lowest BCUT2D eigenvalue weighted by Gasteiger charge is -2.29. The molecular weight excluding hydrogens is 723 g/mol. The molecule has 0 aliphatic carbocycles. The highest BCUT2D eigenvalue weighted by Crippen LogP contribution is 2.14. The predicted molar refractivity (Wildman–Crippen MR) is 199 cm³/mol. The summed E-state index contributed by atoms with van der Waals surface area (Å²) in [6.07, 6.45) is -1.79. The number of benzene rings is 1. The van der Waals surface area contributed by atoms with Crippen molar-refractivity contribution < 1.29 is 43.1 Å². The van der Waals surface area contributed by atoms with Gasteiger partial charge in [-0.15, -0.1) is 0 Å². The second-order valence-electron chi connectivity index (χ2n) is 12.7. The van der Waals surface area contributed by atoms with E-state index in [-0.39, 0.29) is 62.9 Å². The molecule has 2 rings (SSSR count). The first-order valence-corrected chi connectivity index (χ1v) is 17.5. The lowest BCUT2D eigenvalue weighted by molar-refractivity contribution is -0.132. The predicted octanol–water partition coefficient (Wildman–Crippen LogP) is -3.31. The van der Waals surface area contributed by atoms with Crippen LogP contribution >= 0.6 is 0 Å². The number of phenols is 1. The Kier molecular flexibility index (Phi) is 19.4. The number of nitrogens with one attached hydrogen (secondary N) is 6. The van der Waals surface area contributed by atoms with Crippen LogP contribution in [0.1, 0.15) is 51.0 Å². The number of ketones is 1. The molecule has 0 unspecified atom stereocenters. The van der Waals surface area contributed by atoms with Gasteiger partial charge in [-0.2, -0.15) is 0 Å². The Morgan fingerprint density at radius 3 is 2.11 bits per heavy atom. The van der Waals surface area contributed by atoms with Gasteiger partial charge in [-0.3, -0.25) is 44.6 Å². The largest absolute Gasteiger partial charge is 0.508 e. The number of Topliss-reactive ketones (excluding diaryl/α,β-unsaturated/α-hetero) is 1. The number of amides is 4. The molecule has 1 aromatic rings. The molecular formula is C34H51FN12O8. The smallest absolute Gasteiger partial charge is 0.259 e. The van der Waals surface area contributed by atoms with Gasteiger partial charge in [0.2, 0.25) is 17.7 Å². The molecule has 55 heavy (non-hydrogen) atoms. The summed E-state index contributed by atoms with van der Waals surface area (Å²) in [7, 11) is 0. The number of hydrogen-bond donors (Lipinski definition) is 11. The molecule has 0 aromatic heterocycles. The second-order valence-corrected chi connectivity index (χ2v) is 12.7. The van der Waals surface area contributed by atoms with Crippen molar-refractivity contribution in [1.82, 2.24) is 31.9 Å². The number of nitrogens with two attached hydrogens (primary N) is 4. The Labute approximate surface area is 316 Å². The van der Waals surface area contributed by atoms with Crippen molar-refractivity contribution >= 4 is 53.9 Å². The maximum Gasteiger partial charge on any atom is 0.259 e. The maximum atomic E-state index is 16.2. The number of aromatic hydroxyl groups is 1. The van der Waals surface area contributed by atoms with Crippen LogP contribution < -0.4 is 54.8 Å². The van der Waals surface area contributed by atoms with Gasteiger partial charge < -0.3 is 58.9 Å². The first-order valence-electron chi connectivity index (χ1n) is 17.5. The molecule has 1 heterocycles. The first-order chi connectivity index (χ1) is 26.1. The van der Waals surface area contributed by atoms with E-state index < -0.39 is 84.6 Å². The lowest BCUT2D eigenvalue weighted by Crippen LogP contribution is -2.63. The zero-order chi connectivity index (χ0) is 40.9. The summed E-state index contributed by atoms with van der Waals surface area (Å²) in [6, 6.07) is 2.46. The van der Waals surface area contributed by atoms with Crippen molar-refractivity contribution in [2.24, 2.45) is 38.8 Å². The molecule has 0 spiro atoms. The van der Waals surface area contributed by atoms with Crippen LogP contribution in [-0.2, 0) is 40.0 Å². The molecule has 4 amide bonds. The first kappa shape index (κ1) is 45.2. The summed E-state index contributed by atoms with van der Waals surface area (Å²) in [5.41, 5.74) is 22.1. The molecule has 0 radical (unpaired) electrons. The zero-order valence-corrected chi connectivity index (χ0v) is 30.5. The fraction of sp³-hybridized carbons (Fsp3) is 0.500. The summed E-state index contributed by atoms with van der Waals surface area (Å²) >= 11 is 0. The molecule has 21 heteroatoms. The third-order valence-electron chi connectivity index (χ3n) is 8.07. The molecule has 6 atom stereocenters. The van der Waals surface area contributed by atoms with Crippen LogP contribution in [0.5, 0.6) is 5.75 Å². The summed E-state index contributed by atoms with van der Waals surface area (Å²) < 4.78 is 16.2. The van der Waals surface area contributed by atoms with Crippen LogP contribution in [0.3, 0.4) is 0 Å². The summed E-state index contributed by atoms with van der Waals surface area (Å²) in [5.74, 6) is -6.59. The van der Waals surface area contributed by atoms with Crippen molar-refractivity contribution in [3.05, 3.63) is 41.7 Å². The minimum absolute atomic E-state index is 0.00501. The number of aldehydes is 2. The summed E-state index contributed by atoms with van der Waals surface area (Å²) in [6.45, 7) is 1.12. The van der Waals surface area contributed by atoms with Crippen LogP contribution in [0.4, 0.5) is 4.39 Å². The Bertz CT molecular complexity index is 1580. The molecule has 20 nitrogen and oxygen atoms in total. The maximum absolute atomic E-state index is 16.2. The van der Waals surface area contributed by atoms with Crippen LogP contribution in [0.25, 0.3) is 0 Å². The van der Waals surface area contributed by atoms with Gasteiger partial charge in [0.05, 0.1) is 30.6 Å². The molecule has 1 aliphatic rings. The average Bonchev–Trinajstić information content (AvgIpc) is 3.14. The van der Waals surface area contributed by atoms with Crippen molar-refractivity contribution in [2.75, 3.05) is 19.6 Å². The number of aliphatic imine (C=N–C) groups is 2. The lowest BCUT2D eigenvalue weighted by atomic mass is 10.1. The number of hydrogen-bond acceptors (Lipinski definition) is 12. The van der Waals surface area contributed by atoms with E-state index in [9.17, 15) is 38.7 Å². The van der Waals surface area contributed by atoms with Gasteiger partial charge in [0.15, 0.2) is 23.9 Å². The van der Waals surface area contributed by atoms with E-state index in [0.717, 1.165) is 6.08 Å². The Morgan fingerprint density at radius 1 is 0.891 bits per heavy atom. The highest BCUT2D eigenvalue weighted by Gasteiger charge is 2.32. The van der Waals surface area contributed by atoms with Crippen molar-refractivity contribution in [1.29, 1.82) is 0 Å². The fourth-order valence-electron chi connectivity index (χ4n) is 5.15. The highest BCUT2D eigenvalue weighted by atomic mass is 19.1. The molecule has 0 fully saturated rings. The number of rotatable bonds is 18. The third-order valence-corrected chi connectivity index (χ3v) is 8.07. The van der Waals surface area contributed by atoms with Crippen molar-refractivity contribution in [3.8, 4) is 5.75 Å². The minimum Gasteiger partial charge on any atom is -0.508 e. The number of nitrogens with zero attached hydrogens (tertiary/aromatic N) is 2. The standard InChI is InChI=1S/C34H51FN12O8/c1-19-14-25(35)28(45-26(5-3-13-41-34(38)39)31(54)44-21(17-48)4-2-12-40-33(36)37)47-32(55)29(46-27(52)11-10-24(51)16-42-30(19)53)43-22(18-49)15-20-6-8-23(50)9-7-20/h6-9,14,17-19,21-22,26,28-29,43,45,50H,2-5,10-13,15-16H2,1H3,(H,42,53)(H,44,54)(H,46,52)(H,47,55)(H4,36,37,40)(H4,38,39,41)/b25-14-/t19-,21+,22+,26+,28-,29+/m1/s1. The van der Waals surface area contributed by atoms with E-state index in [1.165, 1.54) is 19.1 Å². The van der Waals surface area contributed by atoms with Gasteiger partial charge in [0, 0.05) is 25.9 Å². The molecule has 0 bridgehead atoms. The van der Waals surface area contributed by atoms with Crippen LogP contribution in [0.2, 0.25) is 0 Å². The van der Waals surface area contributed by atoms with Crippen LogP contribution in [0.15, 0.2) is 46.2 Å². The van der Waals surface area contributed by atoms with Gasteiger partial charge >= 0.3 is 0 Å². The Hall–Kier alpha value is -5.96. The highest BCUT2D eigenvalue weighted by molar-refractivity contribution is 5.92. The van der Waals surface area contributed by atoms with Crippen molar-refractivity contribution in [3.63, 3.8) is 0 Å². The topological polar surface area (TPSA) is 341 Å². The molecule has 0 saturated heterocycles. The number of guanidine groups is 2. The molecule has 1 aromatic carbocycles. The average molecular weight is 775 g/mol. The van der Waals surface area contributed by atoms with Gasteiger partial charge in [0.25, 0.3) is 5.91 Å². The van der Waals surface area contributed by atoms with Gasteiger partial charge in [-0.25, -0.2) is 4.39 Å². The fourth-order valence-corrected chi connectivity index (χ4v) is 5.15. The van der Waals surface area contributed by atoms with Gasteiger partial charge in [0.1, 0.15) is 30.3 Å². The number of halogens is 1. The molecule has 302 valence electrons. The summed E-state index contributed by atoms with van der Waals surface area (Å²) in [5, 5.41) is 24.8. The van der Waals surface area contributed by atoms with Gasteiger partial charge in [-0.05, 0) is 62.8 Å². The molecule has 15 N–H and O–H groups in total.